The van der Waals surface area contributed by atoms with Gasteiger partial charge in [0.15, 0.2) is 0 Å². The Balaban J connectivity index is 2.59. The fraction of sp³-hybridized carbons (Fsp3) is 0.500. The predicted molar refractivity (Wildman–Crippen MR) is 64.1 cm³/mol. The number of aliphatic hydroxyl groups is 1. The third-order valence-corrected chi connectivity index (χ3v) is 2.88. The molecule has 0 saturated heterocycles. The van der Waals surface area contributed by atoms with Gasteiger partial charge in [-0.3, -0.25) is 0 Å². The summed E-state index contributed by atoms with van der Waals surface area (Å²) in [6, 6.07) is 4.73. The van der Waals surface area contributed by atoms with Gasteiger partial charge in [0.05, 0.1) is 11.1 Å². The molecule has 0 aromatic heterocycles. The molecule has 0 bridgehead atoms. The van der Waals surface area contributed by atoms with Gasteiger partial charge in [0, 0.05) is 12.6 Å². The lowest BCUT2D eigenvalue weighted by Crippen LogP contribution is -2.28. The van der Waals surface area contributed by atoms with Crippen molar-refractivity contribution in [1.29, 1.82) is 0 Å². The molecule has 1 aromatic rings. The molecule has 0 amide bonds. The van der Waals surface area contributed by atoms with Crippen molar-refractivity contribution < 1.29 is 9.50 Å². The number of aliphatic hydroxyl groups excluding tert-OH is 1. The second kappa shape index (κ2) is 6.18. The van der Waals surface area contributed by atoms with Crippen LogP contribution in [0.25, 0.3) is 0 Å². The SMILES string of the molecule is CCC(O)CNC(C)c1ccc(Cl)c(F)c1. The van der Waals surface area contributed by atoms with E-state index in [1.807, 2.05) is 13.8 Å². The van der Waals surface area contributed by atoms with E-state index in [-0.39, 0.29) is 17.2 Å². The largest absolute Gasteiger partial charge is 0.392 e. The molecule has 4 heteroatoms. The van der Waals surface area contributed by atoms with Crippen molar-refractivity contribution in [2.24, 2.45) is 0 Å². The highest BCUT2D eigenvalue weighted by molar-refractivity contribution is 6.30. The van der Waals surface area contributed by atoms with Gasteiger partial charge in [-0.2, -0.15) is 0 Å². The van der Waals surface area contributed by atoms with Gasteiger partial charge < -0.3 is 10.4 Å². The minimum Gasteiger partial charge on any atom is -0.392 e. The van der Waals surface area contributed by atoms with Gasteiger partial charge in [0.25, 0.3) is 0 Å². The van der Waals surface area contributed by atoms with Crippen LogP contribution in [0.1, 0.15) is 31.9 Å². The fourth-order valence-electron chi connectivity index (χ4n) is 1.36. The normalized spacial score (nSPS) is 14.8. The number of nitrogens with one attached hydrogen (secondary N) is 1. The van der Waals surface area contributed by atoms with Crippen LogP contribution >= 0.6 is 11.6 Å². The molecule has 2 N–H and O–H groups in total. The second-order valence-corrected chi connectivity index (χ2v) is 4.27. The summed E-state index contributed by atoms with van der Waals surface area (Å²) < 4.78 is 13.2. The third kappa shape index (κ3) is 3.74. The van der Waals surface area contributed by atoms with E-state index in [1.165, 1.54) is 6.07 Å². The number of benzene rings is 1. The van der Waals surface area contributed by atoms with Gasteiger partial charge in [0.2, 0.25) is 0 Å². The number of rotatable bonds is 5. The first-order valence-corrected chi connectivity index (χ1v) is 5.78. The summed E-state index contributed by atoms with van der Waals surface area (Å²) in [5, 5.41) is 12.7. The standard InChI is InChI=1S/C12H17ClFNO/c1-3-10(16)7-15-8(2)9-4-5-11(13)12(14)6-9/h4-6,8,10,15-16H,3,7H2,1-2H3. The predicted octanol–water partition coefficient (Wildman–Crippen LogP) is 2.90. The quantitative estimate of drug-likeness (QED) is 0.836. The van der Waals surface area contributed by atoms with Crippen LogP contribution in [-0.4, -0.2) is 17.8 Å². The Morgan fingerprint density at radius 2 is 2.19 bits per heavy atom. The maximum Gasteiger partial charge on any atom is 0.142 e. The molecule has 0 radical (unpaired) electrons. The number of hydrogen-bond acceptors (Lipinski definition) is 2. The maximum atomic E-state index is 13.2. The molecule has 0 heterocycles. The van der Waals surface area contributed by atoms with Crippen molar-refractivity contribution in [1.82, 2.24) is 5.32 Å². The Kier molecular flexibility index (Phi) is 5.19. The smallest absolute Gasteiger partial charge is 0.142 e. The van der Waals surface area contributed by atoms with E-state index < -0.39 is 5.82 Å². The molecule has 2 unspecified atom stereocenters. The van der Waals surface area contributed by atoms with Crippen LogP contribution in [0, 0.1) is 5.82 Å². The molecule has 0 saturated carbocycles. The van der Waals surface area contributed by atoms with E-state index in [0.717, 1.165) is 5.56 Å². The lowest BCUT2D eigenvalue weighted by Gasteiger charge is -2.16. The summed E-state index contributed by atoms with van der Waals surface area (Å²) in [7, 11) is 0. The van der Waals surface area contributed by atoms with E-state index in [9.17, 15) is 9.50 Å². The first-order valence-electron chi connectivity index (χ1n) is 5.41. The van der Waals surface area contributed by atoms with Gasteiger partial charge in [0.1, 0.15) is 5.82 Å². The van der Waals surface area contributed by atoms with Crippen molar-refractivity contribution in [2.75, 3.05) is 6.54 Å². The summed E-state index contributed by atoms with van der Waals surface area (Å²) in [6.07, 6.45) is 0.342. The molecule has 16 heavy (non-hydrogen) atoms. The van der Waals surface area contributed by atoms with Gasteiger partial charge in [-0.15, -0.1) is 0 Å². The summed E-state index contributed by atoms with van der Waals surface area (Å²) in [6.45, 7) is 4.34. The van der Waals surface area contributed by atoms with Crippen molar-refractivity contribution >= 4 is 11.6 Å². The van der Waals surface area contributed by atoms with Crippen LogP contribution < -0.4 is 5.32 Å². The highest BCUT2D eigenvalue weighted by Gasteiger charge is 2.09. The highest BCUT2D eigenvalue weighted by Crippen LogP contribution is 2.19. The molecule has 90 valence electrons. The molecule has 0 aliphatic rings. The number of hydrogen-bond donors (Lipinski definition) is 2. The van der Waals surface area contributed by atoms with Gasteiger partial charge in [-0.25, -0.2) is 4.39 Å². The van der Waals surface area contributed by atoms with E-state index >= 15 is 0 Å². The van der Waals surface area contributed by atoms with E-state index in [1.54, 1.807) is 12.1 Å². The summed E-state index contributed by atoms with van der Waals surface area (Å²) >= 11 is 5.60. The van der Waals surface area contributed by atoms with Gasteiger partial charge in [-0.05, 0) is 31.0 Å². The van der Waals surface area contributed by atoms with Crippen molar-refractivity contribution in [3.8, 4) is 0 Å². The van der Waals surface area contributed by atoms with Crippen LogP contribution in [0.3, 0.4) is 0 Å². The average Bonchev–Trinajstić information content (AvgIpc) is 2.29. The van der Waals surface area contributed by atoms with Crippen molar-refractivity contribution in [3.63, 3.8) is 0 Å². The molecule has 1 rings (SSSR count). The molecular formula is C12H17ClFNO. The second-order valence-electron chi connectivity index (χ2n) is 3.87. The molecule has 0 aliphatic heterocycles. The minimum atomic E-state index is -0.413. The van der Waals surface area contributed by atoms with E-state index in [2.05, 4.69) is 5.32 Å². The van der Waals surface area contributed by atoms with E-state index in [4.69, 9.17) is 11.6 Å². The molecule has 2 atom stereocenters. The molecule has 2 nitrogen and oxygen atoms in total. The first-order chi connectivity index (χ1) is 7.54. The van der Waals surface area contributed by atoms with Gasteiger partial charge >= 0.3 is 0 Å². The molecule has 0 spiro atoms. The molecule has 0 aliphatic carbocycles. The highest BCUT2D eigenvalue weighted by atomic mass is 35.5. The molecule has 0 fully saturated rings. The fourth-order valence-corrected chi connectivity index (χ4v) is 1.47. The zero-order chi connectivity index (χ0) is 12.1. The summed E-state index contributed by atoms with van der Waals surface area (Å²) in [4.78, 5) is 0. The lowest BCUT2D eigenvalue weighted by atomic mass is 10.1. The van der Waals surface area contributed by atoms with Crippen LogP contribution in [0.4, 0.5) is 4.39 Å². The van der Waals surface area contributed by atoms with Crippen LogP contribution in [0.2, 0.25) is 5.02 Å². The Bertz CT molecular complexity index is 346. The molecule has 1 aromatic carbocycles. The lowest BCUT2D eigenvalue weighted by molar-refractivity contribution is 0.163. The average molecular weight is 246 g/mol. The first kappa shape index (κ1) is 13.4. The van der Waals surface area contributed by atoms with Crippen LogP contribution in [-0.2, 0) is 0 Å². The van der Waals surface area contributed by atoms with Crippen LogP contribution in [0.15, 0.2) is 18.2 Å². The Morgan fingerprint density at radius 3 is 2.75 bits per heavy atom. The third-order valence-electron chi connectivity index (χ3n) is 2.57. The Labute approximate surface area is 100 Å². The van der Waals surface area contributed by atoms with Crippen molar-refractivity contribution in [2.45, 2.75) is 32.4 Å². The topological polar surface area (TPSA) is 32.3 Å². The monoisotopic (exact) mass is 245 g/mol. The van der Waals surface area contributed by atoms with Gasteiger partial charge in [-0.1, -0.05) is 24.6 Å². The zero-order valence-electron chi connectivity index (χ0n) is 9.50. The van der Waals surface area contributed by atoms with Crippen molar-refractivity contribution in [3.05, 3.63) is 34.6 Å². The summed E-state index contributed by atoms with van der Waals surface area (Å²) in [5.41, 5.74) is 0.824. The Morgan fingerprint density at radius 1 is 1.50 bits per heavy atom. The van der Waals surface area contributed by atoms with E-state index in [0.29, 0.717) is 13.0 Å². The van der Waals surface area contributed by atoms with Crippen LogP contribution in [0.5, 0.6) is 0 Å². The Hall–Kier alpha value is -0.640. The zero-order valence-corrected chi connectivity index (χ0v) is 10.3. The summed E-state index contributed by atoms with van der Waals surface area (Å²) in [5.74, 6) is -0.413. The molecular weight excluding hydrogens is 229 g/mol. The maximum absolute atomic E-state index is 13.2. The number of halogens is 2. The minimum absolute atomic E-state index is 0.00651.